The molecule has 5 nitrogen and oxygen atoms in total. The van der Waals surface area contributed by atoms with Gasteiger partial charge in [-0.1, -0.05) is 0 Å². The molecule has 0 radical (unpaired) electrons. The second-order valence-electron chi connectivity index (χ2n) is 3.74. The van der Waals surface area contributed by atoms with E-state index in [-0.39, 0.29) is 12.2 Å². The van der Waals surface area contributed by atoms with Crippen LogP contribution < -0.4 is 5.32 Å². The van der Waals surface area contributed by atoms with E-state index in [9.17, 15) is 18.9 Å². The number of rotatable bonds is 4. The summed E-state index contributed by atoms with van der Waals surface area (Å²) < 4.78 is 26.4. The minimum Gasteiger partial charge on any atom is -0.374 e. The van der Waals surface area contributed by atoms with E-state index in [0.29, 0.717) is 6.07 Å². The predicted octanol–water partition coefficient (Wildman–Crippen LogP) is 3.25. The van der Waals surface area contributed by atoms with Crippen LogP contribution in [-0.4, -0.2) is 9.91 Å². The molecule has 8 heteroatoms. The minimum atomic E-state index is -1.20. The van der Waals surface area contributed by atoms with E-state index in [1.165, 1.54) is 11.3 Å². The van der Waals surface area contributed by atoms with Gasteiger partial charge in [0.2, 0.25) is 5.82 Å². The van der Waals surface area contributed by atoms with E-state index < -0.39 is 22.2 Å². The molecule has 2 aromatic rings. The van der Waals surface area contributed by atoms with Gasteiger partial charge in [-0.15, -0.1) is 11.3 Å². The maximum absolute atomic E-state index is 13.4. The summed E-state index contributed by atoms with van der Waals surface area (Å²) in [5.41, 5.74) is -0.948. The third-order valence-corrected chi connectivity index (χ3v) is 3.25. The Hall–Kier alpha value is -2.09. The molecule has 1 aromatic carbocycles. The van der Waals surface area contributed by atoms with E-state index >= 15 is 0 Å². The molecule has 0 fully saturated rings. The van der Waals surface area contributed by atoms with Gasteiger partial charge in [-0.3, -0.25) is 10.1 Å². The van der Waals surface area contributed by atoms with Gasteiger partial charge in [0, 0.05) is 23.2 Å². The summed E-state index contributed by atoms with van der Waals surface area (Å²) in [4.78, 5) is 14.7. The highest BCUT2D eigenvalue weighted by Gasteiger charge is 2.21. The molecule has 0 unspecified atom stereocenters. The second-order valence-corrected chi connectivity index (χ2v) is 5.06. The number of nitrogens with zero attached hydrogens (tertiary/aromatic N) is 2. The van der Waals surface area contributed by atoms with Gasteiger partial charge in [0.25, 0.3) is 0 Å². The van der Waals surface area contributed by atoms with Crippen LogP contribution in [0.1, 0.15) is 9.88 Å². The Balaban J connectivity index is 2.26. The smallest absolute Gasteiger partial charge is 0.327 e. The maximum atomic E-state index is 13.4. The van der Waals surface area contributed by atoms with E-state index in [4.69, 9.17) is 0 Å². The molecule has 0 spiro atoms. The molecule has 0 bridgehead atoms. The first-order valence-electron chi connectivity index (χ1n) is 5.26. The maximum Gasteiger partial charge on any atom is 0.327 e. The SMILES string of the molecule is Cc1ncc(CNc2cc(F)cc(F)c2[N+](=O)[O-])s1. The van der Waals surface area contributed by atoms with Crippen LogP contribution in [0.5, 0.6) is 0 Å². The van der Waals surface area contributed by atoms with Gasteiger partial charge in [0.1, 0.15) is 11.5 Å². The zero-order valence-corrected chi connectivity index (χ0v) is 10.6. The molecule has 0 aliphatic carbocycles. The first-order valence-corrected chi connectivity index (χ1v) is 6.07. The molecule has 0 aliphatic heterocycles. The van der Waals surface area contributed by atoms with Crippen molar-refractivity contribution in [2.24, 2.45) is 0 Å². The summed E-state index contributed by atoms with van der Waals surface area (Å²) in [6, 6.07) is 1.38. The van der Waals surface area contributed by atoms with Crippen molar-refractivity contribution < 1.29 is 13.7 Å². The molecule has 0 saturated carbocycles. The van der Waals surface area contributed by atoms with Crippen molar-refractivity contribution in [1.29, 1.82) is 0 Å². The van der Waals surface area contributed by atoms with Crippen molar-refractivity contribution in [3.8, 4) is 0 Å². The number of nitrogens with one attached hydrogen (secondary N) is 1. The van der Waals surface area contributed by atoms with Crippen molar-refractivity contribution in [3.05, 3.63) is 50.0 Å². The first kappa shape index (κ1) is 13.3. The number of aryl methyl sites for hydroxylation is 1. The number of anilines is 1. The summed E-state index contributed by atoms with van der Waals surface area (Å²) in [6.07, 6.45) is 1.61. The fourth-order valence-corrected chi connectivity index (χ4v) is 2.29. The van der Waals surface area contributed by atoms with Gasteiger partial charge < -0.3 is 5.32 Å². The highest BCUT2D eigenvalue weighted by molar-refractivity contribution is 7.11. The normalized spacial score (nSPS) is 10.5. The van der Waals surface area contributed by atoms with Crippen molar-refractivity contribution in [3.63, 3.8) is 0 Å². The molecule has 0 aliphatic rings. The first-order chi connectivity index (χ1) is 8.97. The quantitative estimate of drug-likeness (QED) is 0.691. The van der Waals surface area contributed by atoms with Crippen LogP contribution in [0.2, 0.25) is 0 Å². The Morgan fingerprint density at radius 2 is 2.21 bits per heavy atom. The van der Waals surface area contributed by atoms with Gasteiger partial charge in [-0.2, -0.15) is 4.39 Å². The Labute approximate surface area is 111 Å². The van der Waals surface area contributed by atoms with Crippen LogP contribution in [0.25, 0.3) is 0 Å². The fraction of sp³-hybridized carbons (Fsp3) is 0.182. The molecule has 100 valence electrons. The molecular formula is C11H9F2N3O2S. The van der Waals surface area contributed by atoms with E-state index in [0.717, 1.165) is 16.0 Å². The highest BCUT2D eigenvalue weighted by Crippen LogP contribution is 2.29. The van der Waals surface area contributed by atoms with Crippen molar-refractivity contribution in [2.75, 3.05) is 5.32 Å². The van der Waals surface area contributed by atoms with Gasteiger partial charge in [0.05, 0.1) is 16.5 Å². The fourth-order valence-electron chi connectivity index (χ4n) is 1.56. The number of thiazole rings is 1. The Bertz CT molecular complexity index is 630. The lowest BCUT2D eigenvalue weighted by Crippen LogP contribution is -2.04. The second kappa shape index (κ2) is 5.27. The number of hydrogen-bond acceptors (Lipinski definition) is 5. The molecule has 2 rings (SSSR count). The lowest BCUT2D eigenvalue weighted by molar-refractivity contribution is -0.386. The van der Waals surface area contributed by atoms with Gasteiger partial charge >= 0.3 is 5.69 Å². The lowest BCUT2D eigenvalue weighted by atomic mass is 10.2. The molecule has 1 heterocycles. The molecule has 0 amide bonds. The van der Waals surface area contributed by atoms with Gasteiger partial charge in [-0.25, -0.2) is 9.37 Å². The zero-order chi connectivity index (χ0) is 14.0. The third-order valence-electron chi connectivity index (χ3n) is 2.33. The van der Waals surface area contributed by atoms with Crippen molar-refractivity contribution in [1.82, 2.24) is 4.98 Å². The summed E-state index contributed by atoms with van der Waals surface area (Å²) >= 11 is 1.40. The summed E-state index contributed by atoms with van der Waals surface area (Å²) in [5.74, 6) is -2.07. The van der Waals surface area contributed by atoms with Crippen molar-refractivity contribution in [2.45, 2.75) is 13.5 Å². The average molecular weight is 285 g/mol. The van der Waals surface area contributed by atoms with E-state index in [1.54, 1.807) is 6.20 Å². The number of nitro benzene ring substituents is 1. The van der Waals surface area contributed by atoms with Crippen LogP contribution in [-0.2, 0) is 6.54 Å². The number of halogens is 2. The van der Waals surface area contributed by atoms with E-state index in [1.807, 2.05) is 6.92 Å². The monoisotopic (exact) mass is 285 g/mol. The predicted molar refractivity (Wildman–Crippen MR) is 67.2 cm³/mol. The van der Waals surface area contributed by atoms with Gasteiger partial charge in [-0.05, 0) is 6.92 Å². The molecular weight excluding hydrogens is 276 g/mol. The molecule has 1 aromatic heterocycles. The third kappa shape index (κ3) is 3.02. The minimum absolute atomic E-state index is 0.187. The number of nitro groups is 1. The van der Waals surface area contributed by atoms with E-state index in [2.05, 4.69) is 10.3 Å². The van der Waals surface area contributed by atoms with Crippen LogP contribution >= 0.6 is 11.3 Å². The number of aromatic nitrogens is 1. The molecule has 0 atom stereocenters. The summed E-state index contributed by atoms with van der Waals surface area (Å²) in [6.45, 7) is 2.04. The van der Waals surface area contributed by atoms with Crippen LogP contribution in [0.4, 0.5) is 20.2 Å². The van der Waals surface area contributed by atoms with Crippen LogP contribution in [0, 0.1) is 28.7 Å². The Morgan fingerprint density at radius 3 is 2.79 bits per heavy atom. The summed E-state index contributed by atoms with van der Waals surface area (Å²) in [7, 11) is 0. The lowest BCUT2D eigenvalue weighted by Gasteiger charge is -2.06. The highest BCUT2D eigenvalue weighted by atomic mass is 32.1. The molecule has 1 N–H and O–H groups in total. The average Bonchev–Trinajstić information content (AvgIpc) is 2.71. The van der Waals surface area contributed by atoms with Crippen molar-refractivity contribution >= 4 is 22.7 Å². The molecule has 19 heavy (non-hydrogen) atoms. The number of benzene rings is 1. The molecule has 0 saturated heterocycles. The Kier molecular flexibility index (Phi) is 3.70. The Morgan fingerprint density at radius 1 is 1.47 bits per heavy atom. The standard InChI is InChI=1S/C11H9F2N3O2S/c1-6-14-4-8(19-6)5-15-10-3-7(12)2-9(13)11(10)16(17)18/h2-4,15H,5H2,1H3. The largest absolute Gasteiger partial charge is 0.374 e. The summed E-state index contributed by atoms with van der Waals surface area (Å²) in [5, 5.41) is 14.3. The van der Waals surface area contributed by atoms with Gasteiger partial charge in [0.15, 0.2) is 0 Å². The van der Waals surface area contributed by atoms with Crippen LogP contribution in [0.15, 0.2) is 18.3 Å². The zero-order valence-electron chi connectivity index (χ0n) is 9.81. The topological polar surface area (TPSA) is 68.1 Å². The number of hydrogen-bond donors (Lipinski definition) is 1. The van der Waals surface area contributed by atoms with Crippen LogP contribution in [0.3, 0.4) is 0 Å².